The molecule has 10 heteroatoms. The normalized spacial score (nSPS) is 13.3. The van der Waals surface area contributed by atoms with Crippen LogP contribution >= 0.6 is 38.6 Å². The molecule has 0 unspecified atom stereocenters. The number of anilines is 1. The van der Waals surface area contributed by atoms with Crippen LogP contribution in [0.3, 0.4) is 0 Å². The average molecular weight is 476 g/mol. The number of hydrogen-bond donors (Lipinski definition) is 2. The topological polar surface area (TPSA) is 101 Å². The van der Waals surface area contributed by atoms with Crippen LogP contribution in [-0.4, -0.2) is 25.8 Å². The Kier molecular flexibility index (Phi) is 4.48. The molecule has 28 heavy (non-hydrogen) atoms. The maximum atomic E-state index is 12.5. The fraction of sp³-hybridized carbons (Fsp3) is 0.278. The maximum Gasteiger partial charge on any atom is 0.259 e. The number of nitrogens with zero attached hydrogens (tertiary/aromatic N) is 3. The Hall–Kier alpha value is -2.17. The number of H-pyrrole nitrogens is 1. The molecule has 4 heterocycles. The molecular formula is C18H14BrN5O2S2. The summed E-state index contributed by atoms with van der Waals surface area (Å²) < 4.78 is 0.841. The fourth-order valence-electron chi connectivity index (χ4n) is 3.43. The molecule has 0 spiro atoms. The van der Waals surface area contributed by atoms with Crippen molar-refractivity contribution in [2.24, 2.45) is 0 Å². The quantitative estimate of drug-likeness (QED) is 0.467. The first kappa shape index (κ1) is 17.9. The van der Waals surface area contributed by atoms with E-state index in [9.17, 15) is 9.59 Å². The number of hydrogen-bond acceptors (Lipinski definition) is 7. The molecule has 7 nitrogen and oxygen atoms in total. The van der Waals surface area contributed by atoms with E-state index < -0.39 is 0 Å². The number of aryl methyl sites for hydroxylation is 3. The Balaban J connectivity index is 1.30. The minimum atomic E-state index is -0.172. The van der Waals surface area contributed by atoms with E-state index in [1.54, 1.807) is 17.5 Å². The first-order valence-corrected chi connectivity index (χ1v) is 11.2. The molecule has 0 saturated heterocycles. The van der Waals surface area contributed by atoms with Crippen LogP contribution in [0.2, 0.25) is 0 Å². The van der Waals surface area contributed by atoms with Gasteiger partial charge in [0.15, 0.2) is 5.13 Å². The molecule has 1 aliphatic carbocycles. The summed E-state index contributed by atoms with van der Waals surface area (Å²) in [6, 6.07) is 1.86. The van der Waals surface area contributed by atoms with Gasteiger partial charge in [-0.1, -0.05) is 11.3 Å². The van der Waals surface area contributed by atoms with E-state index in [1.807, 2.05) is 6.07 Å². The average Bonchev–Trinajstić information content (AvgIpc) is 3.33. The molecule has 0 aromatic carbocycles. The molecule has 5 rings (SSSR count). The summed E-state index contributed by atoms with van der Waals surface area (Å²) in [5.74, 6) is 0.372. The van der Waals surface area contributed by atoms with Crippen molar-refractivity contribution in [1.82, 2.24) is 19.9 Å². The number of aromatic nitrogens is 4. The largest absolute Gasteiger partial charge is 0.310 e. The third kappa shape index (κ3) is 3.25. The molecule has 4 aromatic rings. The van der Waals surface area contributed by atoms with Gasteiger partial charge in [0.05, 0.1) is 5.39 Å². The van der Waals surface area contributed by atoms with Crippen molar-refractivity contribution < 1.29 is 4.79 Å². The second kappa shape index (κ2) is 7.02. The summed E-state index contributed by atoms with van der Waals surface area (Å²) in [7, 11) is 0. The highest BCUT2D eigenvalue weighted by Gasteiger charge is 2.21. The first-order valence-electron chi connectivity index (χ1n) is 8.82. The van der Waals surface area contributed by atoms with Crippen molar-refractivity contribution in [3.05, 3.63) is 43.4 Å². The highest BCUT2D eigenvalue weighted by Crippen LogP contribution is 2.34. The van der Waals surface area contributed by atoms with Gasteiger partial charge in [-0.2, -0.15) is 0 Å². The van der Waals surface area contributed by atoms with Crippen molar-refractivity contribution in [3.63, 3.8) is 0 Å². The molecule has 0 fully saturated rings. The lowest BCUT2D eigenvalue weighted by molar-refractivity contribution is -0.116. The predicted octanol–water partition coefficient (Wildman–Crippen LogP) is 3.81. The van der Waals surface area contributed by atoms with Gasteiger partial charge in [0.1, 0.15) is 21.0 Å². The maximum absolute atomic E-state index is 12.5. The second-order valence-electron chi connectivity index (χ2n) is 6.60. The Morgan fingerprint density at radius 3 is 3.04 bits per heavy atom. The number of carbonyl (C=O) groups excluding carboxylic acids is 1. The van der Waals surface area contributed by atoms with Gasteiger partial charge in [-0.25, -0.2) is 15.0 Å². The van der Waals surface area contributed by atoms with Crippen LogP contribution in [0.4, 0.5) is 5.13 Å². The van der Waals surface area contributed by atoms with Gasteiger partial charge < -0.3 is 10.3 Å². The van der Waals surface area contributed by atoms with Gasteiger partial charge in [-0.05, 0) is 46.8 Å². The number of amides is 1. The summed E-state index contributed by atoms with van der Waals surface area (Å²) in [5, 5.41) is 4.05. The van der Waals surface area contributed by atoms with E-state index in [2.05, 4.69) is 41.2 Å². The zero-order chi connectivity index (χ0) is 19.3. The SMILES string of the molecule is O=C(CCc1nc2sc3c(c2c(=O)[nH]1)CCC3)Nc1nc2cc(Br)cnc2s1. The standard InChI is InChI=1S/C18H14BrN5O2S2/c19-8-6-10-16(20-7-8)28-18(21-10)24-13(25)5-4-12-22-15(26)14-9-2-1-3-11(9)27-17(14)23-12/h6-7H,1-5H2,(H,21,24,25)(H,22,23,26). The molecular weight excluding hydrogens is 462 g/mol. The van der Waals surface area contributed by atoms with Crippen LogP contribution in [0, 0.1) is 0 Å². The summed E-state index contributed by atoms with van der Waals surface area (Å²) in [6.45, 7) is 0. The van der Waals surface area contributed by atoms with E-state index >= 15 is 0 Å². The Bertz CT molecular complexity index is 1290. The molecule has 142 valence electrons. The van der Waals surface area contributed by atoms with E-state index in [4.69, 9.17) is 0 Å². The summed E-state index contributed by atoms with van der Waals surface area (Å²) in [5.41, 5.74) is 1.80. The molecule has 1 amide bonds. The minimum absolute atomic E-state index is 0.0948. The summed E-state index contributed by atoms with van der Waals surface area (Å²) >= 11 is 6.29. The van der Waals surface area contributed by atoms with Crippen molar-refractivity contribution >= 4 is 70.2 Å². The number of aromatic amines is 1. The van der Waals surface area contributed by atoms with Crippen molar-refractivity contribution in [2.75, 3.05) is 5.32 Å². The number of halogens is 1. The van der Waals surface area contributed by atoms with E-state index in [-0.39, 0.29) is 17.9 Å². The minimum Gasteiger partial charge on any atom is -0.310 e. The smallest absolute Gasteiger partial charge is 0.259 e. The third-order valence-electron chi connectivity index (χ3n) is 4.67. The van der Waals surface area contributed by atoms with Crippen LogP contribution in [0.25, 0.3) is 20.6 Å². The van der Waals surface area contributed by atoms with E-state index in [0.29, 0.717) is 17.4 Å². The number of carbonyl (C=O) groups is 1. The summed E-state index contributed by atoms with van der Waals surface area (Å²) in [6.07, 6.45) is 5.37. The molecule has 0 bridgehead atoms. The number of thiophene rings is 1. The zero-order valence-electron chi connectivity index (χ0n) is 14.5. The first-order chi connectivity index (χ1) is 13.6. The Morgan fingerprint density at radius 2 is 2.14 bits per heavy atom. The number of rotatable bonds is 4. The van der Waals surface area contributed by atoms with Crippen LogP contribution in [0.1, 0.15) is 29.1 Å². The van der Waals surface area contributed by atoms with Crippen LogP contribution in [-0.2, 0) is 24.1 Å². The number of thiazole rings is 1. The lowest BCUT2D eigenvalue weighted by atomic mass is 10.2. The molecule has 0 atom stereocenters. The van der Waals surface area contributed by atoms with Crippen LogP contribution in [0.15, 0.2) is 21.5 Å². The molecule has 1 aliphatic rings. The fourth-order valence-corrected chi connectivity index (χ4v) is 5.84. The van der Waals surface area contributed by atoms with Gasteiger partial charge in [-0.15, -0.1) is 11.3 Å². The number of pyridine rings is 1. The zero-order valence-corrected chi connectivity index (χ0v) is 17.8. The van der Waals surface area contributed by atoms with Crippen molar-refractivity contribution in [2.45, 2.75) is 32.1 Å². The van der Waals surface area contributed by atoms with Gasteiger partial charge >= 0.3 is 0 Å². The number of fused-ring (bicyclic) bond motifs is 4. The van der Waals surface area contributed by atoms with Crippen molar-refractivity contribution in [1.29, 1.82) is 0 Å². The summed E-state index contributed by atoms with van der Waals surface area (Å²) in [4.78, 5) is 43.7. The van der Waals surface area contributed by atoms with E-state index in [0.717, 1.165) is 49.9 Å². The third-order valence-corrected chi connectivity index (χ3v) is 7.19. The van der Waals surface area contributed by atoms with Crippen molar-refractivity contribution in [3.8, 4) is 0 Å². The highest BCUT2D eigenvalue weighted by atomic mass is 79.9. The highest BCUT2D eigenvalue weighted by molar-refractivity contribution is 9.10. The molecule has 4 aromatic heterocycles. The monoisotopic (exact) mass is 475 g/mol. The lowest BCUT2D eigenvalue weighted by Gasteiger charge is -2.02. The molecule has 0 aliphatic heterocycles. The second-order valence-corrected chi connectivity index (χ2v) is 9.57. The predicted molar refractivity (Wildman–Crippen MR) is 114 cm³/mol. The molecule has 2 N–H and O–H groups in total. The lowest BCUT2D eigenvalue weighted by Crippen LogP contribution is -2.16. The van der Waals surface area contributed by atoms with Crippen LogP contribution in [0.5, 0.6) is 0 Å². The van der Waals surface area contributed by atoms with Gasteiger partial charge in [0.25, 0.3) is 5.56 Å². The molecule has 0 radical (unpaired) electrons. The number of nitrogens with one attached hydrogen (secondary N) is 2. The van der Waals surface area contributed by atoms with Crippen LogP contribution < -0.4 is 10.9 Å². The molecule has 0 saturated carbocycles. The Labute approximate surface area is 175 Å². The van der Waals surface area contributed by atoms with Gasteiger partial charge in [0.2, 0.25) is 5.91 Å². The van der Waals surface area contributed by atoms with E-state index in [1.165, 1.54) is 16.2 Å². The van der Waals surface area contributed by atoms with Gasteiger partial charge in [0, 0.05) is 28.4 Å². The van der Waals surface area contributed by atoms with Gasteiger partial charge in [-0.3, -0.25) is 9.59 Å². The Morgan fingerprint density at radius 1 is 1.25 bits per heavy atom.